The summed E-state index contributed by atoms with van der Waals surface area (Å²) < 4.78 is 0. The molecule has 1 nitrogen and oxygen atoms in total. The lowest BCUT2D eigenvalue weighted by Crippen LogP contribution is -2.29. The second-order valence-electron chi connectivity index (χ2n) is 4.62. The van der Waals surface area contributed by atoms with Crippen molar-refractivity contribution in [1.29, 1.82) is 0 Å². The third-order valence-corrected chi connectivity index (χ3v) is 4.01. The topological polar surface area (TPSA) is 3.01 Å². The zero-order valence-corrected chi connectivity index (χ0v) is 7.13. The van der Waals surface area contributed by atoms with Crippen LogP contribution in [0.15, 0.2) is 0 Å². The molecule has 3 rings (SSSR count). The average Bonchev–Trinajstić information content (AvgIpc) is 2.60. The molecular weight excluding hydrogens is 134 g/mol. The summed E-state index contributed by atoms with van der Waals surface area (Å²) in [6.45, 7) is 2.86. The van der Waals surface area contributed by atoms with E-state index in [0.717, 1.165) is 17.9 Å². The van der Waals surface area contributed by atoms with E-state index in [4.69, 9.17) is 0 Å². The van der Waals surface area contributed by atoms with Crippen molar-refractivity contribution in [2.75, 3.05) is 13.1 Å². The minimum Gasteiger partial charge on any atom is -0.298 e. The maximum absolute atomic E-state index is 2.63. The van der Waals surface area contributed by atoms with Crippen LogP contribution in [0.1, 0.15) is 32.1 Å². The summed E-state index contributed by atoms with van der Waals surface area (Å²) in [6, 6.07) is 1.04. The van der Waals surface area contributed by atoms with Crippen molar-refractivity contribution in [1.82, 2.24) is 4.90 Å². The molecule has 1 saturated carbocycles. The number of piperidine rings is 1. The van der Waals surface area contributed by atoms with Crippen LogP contribution in [0.3, 0.4) is 0 Å². The summed E-state index contributed by atoms with van der Waals surface area (Å²) in [6.07, 6.45) is 7.69. The highest BCUT2D eigenvalue weighted by molar-refractivity contribution is 4.97. The van der Waals surface area contributed by atoms with Gasteiger partial charge in [-0.25, -0.2) is 0 Å². The molecule has 0 N–H and O–H groups in total. The van der Waals surface area contributed by atoms with Crippen molar-refractivity contribution >= 4 is 0 Å². The molecule has 3 unspecified atom stereocenters. The van der Waals surface area contributed by atoms with E-state index in [9.17, 15) is 0 Å². The van der Waals surface area contributed by atoms with E-state index in [1.165, 1.54) is 25.9 Å². The van der Waals surface area contributed by atoms with Crippen LogP contribution < -0.4 is 0 Å². The fourth-order valence-electron chi connectivity index (χ4n) is 2.86. The largest absolute Gasteiger partial charge is 0.298 e. The third-order valence-electron chi connectivity index (χ3n) is 4.01. The monoisotopic (exact) mass is 151 g/mol. The van der Waals surface area contributed by atoms with Crippen LogP contribution in [-0.4, -0.2) is 24.0 Å². The second-order valence-corrected chi connectivity index (χ2v) is 4.62. The first-order valence-corrected chi connectivity index (χ1v) is 5.17. The number of rotatable bonds is 1. The molecule has 11 heavy (non-hydrogen) atoms. The van der Waals surface area contributed by atoms with Gasteiger partial charge in [-0.15, -0.1) is 0 Å². The standard InChI is InChI=1S/C10H17N/c1-2-8(3-1)9-4-5-11-7-10(11)6-9/h8-10H,1-7H2. The average molecular weight is 151 g/mol. The lowest BCUT2D eigenvalue weighted by atomic mass is 9.72. The van der Waals surface area contributed by atoms with E-state index in [-0.39, 0.29) is 0 Å². The van der Waals surface area contributed by atoms with Crippen molar-refractivity contribution in [3.63, 3.8) is 0 Å². The smallest absolute Gasteiger partial charge is 0.0226 e. The lowest BCUT2D eigenvalue weighted by molar-refractivity contribution is 0.154. The van der Waals surface area contributed by atoms with E-state index in [2.05, 4.69) is 4.90 Å². The van der Waals surface area contributed by atoms with Gasteiger partial charge in [0, 0.05) is 12.6 Å². The summed E-state index contributed by atoms with van der Waals surface area (Å²) in [7, 11) is 0. The molecule has 0 radical (unpaired) electrons. The van der Waals surface area contributed by atoms with Crippen LogP contribution in [0.4, 0.5) is 0 Å². The van der Waals surface area contributed by atoms with Gasteiger partial charge in [0.2, 0.25) is 0 Å². The molecule has 2 saturated heterocycles. The van der Waals surface area contributed by atoms with Gasteiger partial charge in [0.1, 0.15) is 0 Å². The molecule has 0 bridgehead atoms. The highest BCUT2D eigenvalue weighted by Crippen LogP contribution is 2.43. The quantitative estimate of drug-likeness (QED) is 0.517. The molecule has 1 heteroatoms. The van der Waals surface area contributed by atoms with Crippen LogP contribution in [0.5, 0.6) is 0 Å². The van der Waals surface area contributed by atoms with Gasteiger partial charge in [-0.3, -0.25) is 4.90 Å². The Labute approximate surface area is 68.8 Å². The lowest BCUT2D eigenvalue weighted by Gasteiger charge is -2.36. The molecule has 2 aliphatic heterocycles. The van der Waals surface area contributed by atoms with Gasteiger partial charge in [0.25, 0.3) is 0 Å². The van der Waals surface area contributed by atoms with Gasteiger partial charge in [-0.1, -0.05) is 19.3 Å². The highest BCUT2D eigenvalue weighted by Gasteiger charge is 2.42. The summed E-state index contributed by atoms with van der Waals surface area (Å²) >= 11 is 0. The Morgan fingerprint density at radius 3 is 2.55 bits per heavy atom. The molecule has 2 heterocycles. The normalized spacial score (nSPS) is 49.6. The van der Waals surface area contributed by atoms with Crippen LogP contribution in [-0.2, 0) is 0 Å². The number of nitrogens with zero attached hydrogens (tertiary/aromatic N) is 1. The molecule has 0 spiro atoms. The van der Waals surface area contributed by atoms with Crippen molar-refractivity contribution in [3.8, 4) is 0 Å². The van der Waals surface area contributed by atoms with Gasteiger partial charge < -0.3 is 0 Å². The number of hydrogen-bond donors (Lipinski definition) is 0. The van der Waals surface area contributed by atoms with Crippen LogP contribution in [0.25, 0.3) is 0 Å². The summed E-state index contributed by atoms with van der Waals surface area (Å²) in [5.74, 6) is 2.28. The van der Waals surface area contributed by atoms with Gasteiger partial charge in [-0.2, -0.15) is 0 Å². The molecule has 3 atom stereocenters. The first kappa shape index (κ1) is 6.47. The molecular formula is C10H17N. The van der Waals surface area contributed by atoms with E-state index in [1.807, 2.05) is 0 Å². The fourth-order valence-corrected chi connectivity index (χ4v) is 2.86. The van der Waals surface area contributed by atoms with Crippen molar-refractivity contribution in [3.05, 3.63) is 0 Å². The summed E-state index contributed by atoms with van der Waals surface area (Å²) in [5.41, 5.74) is 0. The molecule has 3 fully saturated rings. The first-order valence-electron chi connectivity index (χ1n) is 5.17. The Morgan fingerprint density at radius 2 is 1.91 bits per heavy atom. The molecule has 0 aromatic heterocycles. The van der Waals surface area contributed by atoms with E-state index in [1.54, 1.807) is 19.3 Å². The molecule has 62 valence electrons. The number of hydrogen-bond acceptors (Lipinski definition) is 1. The predicted octanol–water partition coefficient (Wildman–Crippen LogP) is 1.88. The Bertz CT molecular complexity index is 162. The fraction of sp³-hybridized carbons (Fsp3) is 1.00. The Balaban J connectivity index is 1.60. The molecule has 0 amide bonds. The maximum Gasteiger partial charge on any atom is 0.0226 e. The van der Waals surface area contributed by atoms with Crippen molar-refractivity contribution in [2.24, 2.45) is 11.8 Å². The second kappa shape index (κ2) is 2.22. The van der Waals surface area contributed by atoms with Gasteiger partial charge in [0.05, 0.1) is 0 Å². The molecule has 1 aliphatic carbocycles. The SMILES string of the molecule is C1CC(C2CCN3CC3C2)C1. The Kier molecular flexibility index (Phi) is 1.31. The molecule has 0 aromatic carbocycles. The van der Waals surface area contributed by atoms with Crippen LogP contribution in [0.2, 0.25) is 0 Å². The Morgan fingerprint density at radius 1 is 1.00 bits per heavy atom. The zero-order valence-electron chi connectivity index (χ0n) is 7.13. The highest BCUT2D eigenvalue weighted by atomic mass is 15.3. The van der Waals surface area contributed by atoms with Crippen LogP contribution >= 0.6 is 0 Å². The summed E-state index contributed by atoms with van der Waals surface area (Å²) in [4.78, 5) is 2.63. The van der Waals surface area contributed by atoms with Crippen LogP contribution in [0, 0.1) is 11.8 Å². The zero-order chi connectivity index (χ0) is 7.26. The van der Waals surface area contributed by atoms with Gasteiger partial charge >= 0.3 is 0 Å². The maximum atomic E-state index is 2.63. The van der Waals surface area contributed by atoms with Crippen molar-refractivity contribution in [2.45, 2.75) is 38.1 Å². The minimum absolute atomic E-state index is 1.04. The van der Waals surface area contributed by atoms with Gasteiger partial charge in [-0.05, 0) is 31.2 Å². The van der Waals surface area contributed by atoms with E-state index < -0.39 is 0 Å². The minimum atomic E-state index is 1.04. The molecule has 3 aliphatic rings. The Hall–Kier alpha value is -0.0400. The predicted molar refractivity (Wildman–Crippen MR) is 45.4 cm³/mol. The molecule has 0 aromatic rings. The van der Waals surface area contributed by atoms with E-state index in [0.29, 0.717) is 0 Å². The first-order chi connectivity index (χ1) is 5.43. The third kappa shape index (κ3) is 1.01. The van der Waals surface area contributed by atoms with Crippen molar-refractivity contribution < 1.29 is 0 Å². The van der Waals surface area contributed by atoms with E-state index >= 15 is 0 Å². The number of fused-ring (bicyclic) bond motifs is 1. The van der Waals surface area contributed by atoms with Gasteiger partial charge in [0.15, 0.2) is 0 Å². The summed E-state index contributed by atoms with van der Waals surface area (Å²) in [5, 5.41) is 0.